The van der Waals surface area contributed by atoms with E-state index in [1.54, 1.807) is 0 Å². The van der Waals surface area contributed by atoms with E-state index >= 15 is 0 Å². The third-order valence-electron chi connectivity index (χ3n) is 0.744. The molecule has 0 N–H and O–H groups in total. The molecule has 0 amide bonds. The number of ether oxygens (including phenoxy) is 2. The largest absolute Gasteiger partial charge is 2.00 e. The Balaban J connectivity index is 0. The summed E-state index contributed by atoms with van der Waals surface area (Å²) in [5.74, 6) is -1.16. The van der Waals surface area contributed by atoms with Crippen molar-refractivity contribution in [3.05, 3.63) is 0 Å². The minimum absolute atomic E-state index is 0. The second-order valence-electron chi connectivity index (χ2n) is 1.33. The van der Waals surface area contributed by atoms with E-state index in [1.165, 1.54) is 14.2 Å². The van der Waals surface area contributed by atoms with Gasteiger partial charge >= 0.3 is 35.0 Å². The Morgan fingerprint density at radius 2 is 1.40 bits per heavy atom. The smallest absolute Gasteiger partial charge is 0.469 e. The molecule has 4 nitrogen and oxygen atoms in total. The maximum absolute atomic E-state index is 10.3. The molecular formula is C5H8MgO4+2. The quantitative estimate of drug-likeness (QED) is 0.303. The summed E-state index contributed by atoms with van der Waals surface area (Å²) in [6, 6.07) is 0. The van der Waals surface area contributed by atoms with E-state index < -0.39 is 11.9 Å². The van der Waals surface area contributed by atoms with E-state index in [1.807, 2.05) is 0 Å². The molecule has 0 aliphatic heterocycles. The van der Waals surface area contributed by atoms with Crippen molar-refractivity contribution in [2.45, 2.75) is 6.42 Å². The monoisotopic (exact) mass is 156 g/mol. The first-order chi connectivity index (χ1) is 4.20. The van der Waals surface area contributed by atoms with Crippen LogP contribution in [-0.4, -0.2) is 49.2 Å². The summed E-state index contributed by atoms with van der Waals surface area (Å²) in [5.41, 5.74) is 0. The topological polar surface area (TPSA) is 52.6 Å². The number of carbonyl (C=O) groups is 2. The summed E-state index contributed by atoms with van der Waals surface area (Å²) in [6.07, 6.45) is -0.312. The SMILES string of the molecule is COC(=O)CC(=O)OC.[Mg+2]. The molecule has 0 atom stereocenters. The van der Waals surface area contributed by atoms with E-state index in [-0.39, 0.29) is 29.5 Å². The van der Waals surface area contributed by atoms with Crippen molar-refractivity contribution in [1.82, 2.24) is 0 Å². The van der Waals surface area contributed by atoms with Crippen molar-refractivity contribution in [3.63, 3.8) is 0 Å². The predicted octanol–water partition coefficient (Wildman–Crippen LogP) is -0.658. The van der Waals surface area contributed by atoms with Gasteiger partial charge in [0.1, 0.15) is 6.42 Å². The van der Waals surface area contributed by atoms with E-state index in [9.17, 15) is 9.59 Å². The first-order valence-electron chi connectivity index (χ1n) is 2.34. The molecular weight excluding hydrogens is 148 g/mol. The number of carbonyl (C=O) groups excluding carboxylic acids is 2. The molecule has 0 aliphatic rings. The summed E-state index contributed by atoms with van der Waals surface area (Å²) in [4.78, 5) is 20.5. The Kier molecular flexibility index (Phi) is 8.45. The first-order valence-corrected chi connectivity index (χ1v) is 2.34. The number of hydrogen-bond donors (Lipinski definition) is 0. The first kappa shape index (κ1) is 12.4. The molecule has 5 heteroatoms. The Morgan fingerprint density at radius 1 is 1.10 bits per heavy atom. The molecule has 0 spiro atoms. The van der Waals surface area contributed by atoms with Crippen LogP contribution < -0.4 is 0 Å². The van der Waals surface area contributed by atoms with Crippen molar-refractivity contribution in [3.8, 4) is 0 Å². The average Bonchev–Trinajstić information content (AvgIpc) is 1.87. The molecule has 52 valence electrons. The maximum atomic E-state index is 10.3. The molecule has 0 fully saturated rings. The Labute approximate surface area is 75.0 Å². The van der Waals surface area contributed by atoms with Gasteiger partial charge < -0.3 is 9.47 Å². The van der Waals surface area contributed by atoms with Crippen LogP contribution in [-0.2, 0) is 19.1 Å². The number of esters is 2. The van der Waals surface area contributed by atoms with Crippen LogP contribution in [0.5, 0.6) is 0 Å². The molecule has 0 aromatic heterocycles. The third-order valence-corrected chi connectivity index (χ3v) is 0.744. The number of rotatable bonds is 2. The van der Waals surface area contributed by atoms with E-state index in [0.717, 1.165) is 0 Å². The standard InChI is InChI=1S/C5H8O4.Mg/c1-8-4(6)3-5(7)9-2;/h3H2,1-2H3;/q;+2. The van der Waals surface area contributed by atoms with E-state index in [0.29, 0.717) is 0 Å². The van der Waals surface area contributed by atoms with Gasteiger partial charge in [0.2, 0.25) is 0 Å². The maximum Gasteiger partial charge on any atom is 2.00 e. The zero-order valence-corrected chi connectivity index (χ0v) is 7.46. The summed E-state index contributed by atoms with van der Waals surface area (Å²) in [5, 5.41) is 0. The fourth-order valence-corrected chi connectivity index (χ4v) is 0.262. The third kappa shape index (κ3) is 5.84. The zero-order chi connectivity index (χ0) is 7.28. The van der Waals surface area contributed by atoms with Gasteiger partial charge in [0, 0.05) is 0 Å². The summed E-state index contributed by atoms with van der Waals surface area (Å²) >= 11 is 0. The molecule has 0 rings (SSSR count). The summed E-state index contributed by atoms with van der Waals surface area (Å²) < 4.78 is 8.37. The molecule has 0 bridgehead atoms. The Hall–Kier alpha value is -0.294. The van der Waals surface area contributed by atoms with Gasteiger partial charge in [0.15, 0.2) is 0 Å². The van der Waals surface area contributed by atoms with Crippen LogP contribution in [0.4, 0.5) is 0 Å². The van der Waals surface area contributed by atoms with Crippen molar-refractivity contribution in [1.29, 1.82) is 0 Å². The van der Waals surface area contributed by atoms with E-state index in [2.05, 4.69) is 9.47 Å². The molecule has 0 saturated carbocycles. The molecule has 0 aromatic rings. The second kappa shape index (κ2) is 6.82. The van der Waals surface area contributed by atoms with Gasteiger partial charge in [-0.15, -0.1) is 0 Å². The molecule has 0 heterocycles. The van der Waals surface area contributed by atoms with Gasteiger partial charge in [-0.1, -0.05) is 0 Å². The summed E-state index contributed by atoms with van der Waals surface area (Å²) in [6.45, 7) is 0. The van der Waals surface area contributed by atoms with Crippen molar-refractivity contribution >= 4 is 35.0 Å². The van der Waals surface area contributed by atoms with Gasteiger partial charge in [-0.3, -0.25) is 9.59 Å². The molecule has 0 aliphatic carbocycles. The van der Waals surface area contributed by atoms with Crippen LogP contribution in [0.15, 0.2) is 0 Å². The van der Waals surface area contributed by atoms with Crippen LogP contribution in [0.2, 0.25) is 0 Å². The van der Waals surface area contributed by atoms with Gasteiger partial charge in [0.05, 0.1) is 14.2 Å². The molecule has 10 heavy (non-hydrogen) atoms. The minimum atomic E-state index is -0.582. The number of methoxy groups -OCH3 is 2. The zero-order valence-electron chi connectivity index (χ0n) is 6.05. The van der Waals surface area contributed by atoms with Crippen molar-refractivity contribution in [2.24, 2.45) is 0 Å². The molecule has 0 saturated heterocycles. The van der Waals surface area contributed by atoms with Crippen LogP contribution in [0, 0.1) is 0 Å². The second-order valence-corrected chi connectivity index (χ2v) is 1.33. The van der Waals surface area contributed by atoms with Crippen molar-refractivity contribution in [2.75, 3.05) is 14.2 Å². The molecule has 0 radical (unpaired) electrons. The minimum Gasteiger partial charge on any atom is -0.469 e. The average molecular weight is 156 g/mol. The van der Waals surface area contributed by atoms with Crippen molar-refractivity contribution < 1.29 is 19.1 Å². The Bertz CT molecular complexity index is 109. The normalized spacial score (nSPS) is 7.40. The van der Waals surface area contributed by atoms with E-state index in [4.69, 9.17) is 0 Å². The molecule has 0 unspecified atom stereocenters. The number of hydrogen-bond acceptors (Lipinski definition) is 4. The van der Waals surface area contributed by atoms with Gasteiger partial charge in [-0.25, -0.2) is 0 Å². The van der Waals surface area contributed by atoms with Crippen LogP contribution >= 0.6 is 0 Å². The summed E-state index contributed by atoms with van der Waals surface area (Å²) in [7, 11) is 2.43. The van der Waals surface area contributed by atoms with Gasteiger partial charge in [-0.2, -0.15) is 0 Å². The van der Waals surface area contributed by atoms with Gasteiger partial charge in [0.25, 0.3) is 0 Å². The Morgan fingerprint density at radius 3 is 1.60 bits per heavy atom. The fraction of sp³-hybridized carbons (Fsp3) is 0.600. The van der Waals surface area contributed by atoms with Crippen LogP contribution in [0.25, 0.3) is 0 Å². The van der Waals surface area contributed by atoms with Crippen LogP contribution in [0.3, 0.4) is 0 Å². The predicted molar refractivity (Wildman–Crippen MR) is 34.4 cm³/mol. The van der Waals surface area contributed by atoms with Gasteiger partial charge in [-0.05, 0) is 0 Å². The molecule has 0 aromatic carbocycles. The van der Waals surface area contributed by atoms with Crippen LogP contribution in [0.1, 0.15) is 6.42 Å². The fourth-order valence-electron chi connectivity index (χ4n) is 0.262.